The van der Waals surface area contributed by atoms with Gasteiger partial charge in [-0.25, -0.2) is 4.39 Å². The van der Waals surface area contributed by atoms with Crippen molar-refractivity contribution < 1.29 is 13.9 Å². The van der Waals surface area contributed by atoms with Crippen molar-refractivity contribution in [2.75, 3.05) is 11.9 Å². The summed E-state index contributed by atoms with van der Waals surface area (Å²) in [5.74, 6) is -0.210. The molecule has 0 aliphatic carbocycles. The number of rotatable bonds is 5. The molecule has 0 aliphatic heterocycles. The van der Waals surface area contributed by atoms with Gasteiger partial charge < -0.3 is 10.1 Å². The first-order valence-electron chi connectivity index (χ1n) is 6.55. The lowest BCUT2D eigenvalue weighted by molar-refractivity contribution is -0.118. The lowest BCUT2D eigenvalue weighted by Gasteiger charge is -2.09. The lowest BCUT2D eigenvalue weighted by Crippen LogP contribution is -2.20. The summed E-state index contributed by atoms with van der Waals surface area (Å²) in [5.41, 5.74) is 1.93. The normalized spacial score (nSPS) is 10.2. The van der Waals surface area contributed by atoms with Gasteiger partial charge in [0, 0.05) is 5.69 Å². The van der Waals surface area contributed by atoms with Crippen molar-refractivity contribution in [3.05, 3.63) is 58.3 Å². The zero-order chi connectivity index (χ0) is 15.2. The van der Waals surface area contributed by atoms with Gasteiger partial charge in [0.15, 0.2) is 6.61 Å². The Bertz CT molecular complexity index is 629. The van der Waals surface area contributed by atoms with E-state index in [-0.39, 0.29) is 18.3 Å². The topological polar surface area (TPSA) is 38.3 Å². The second-order valence-electron chi connectivity index (χ2n) is 4.46. The van der Waals surface area contributed by atoms with Gasteiger partial charge in [-0.2, -0.15) is 0 Å². The second-order valence-corrected chi connectivity index (χ2v) is 5.32. The van der Waals surface area contributed by atoms with Crippen molar-refractivity contribution in [1.82, 2.24) is 0 Å². The molecule has 0 atom stereocenters. The molecule has 0 fully saturated rings. The van der Waals surface area contributed by atoms with Crippen LogP contribution in [0.4, 0.5) is 10.1 Å². The van der Waals surface area contributed by atoms with Crippen molar-refractivity contribution in [3.63, 3.8) is 0 Å². The Morgan fingerprint density at radius 3 is 2.57 bits per heavy atom. The number of hydrogen-bond donors (Lipinski definition) is 1. The number of benzene rings is 2. The van der Waals surface area contributed by atoms with Crippen molar-refractivity contribution in [1.29, 1.82) is 0 Å². The van der Waals surface area contributed by atoms with Crippen LogP contribution in [0.1, 0.15) is 12.5 Å². The number of halogens is 2. The largest absolute Gasteiger partial charge is 0.483 e. The van der Waals surface area contributed by atoms with Crippen LogP contribution in [0, 0.1) is 5.82 Å². The van der Waals surface area contributed by atoms with Crippen molar-refractivity contribution in [3.8, 4) is 5.75 Å². The molecule has 0 saturated carbocycles. The van der Waals surface area contributed by atoms with Gasteiger partial charge in [0.25, 0.3) is 5.91 Å². The maximum Gasteiger partial charge on any atom is 0.262 e. The molecule has 0 aliphatic rings. The Balaban J connectivity index is 1.89. The lowest BCUT2D eigenvalue weighted by atomic mass is 10.1. The van der Waals surface area contributed by atoms with Gasteiger partial charge >= 0.3 is 0 Å². The SMILES string of the molecule is CCc1ccc(NC(=O)COc2ccc(F)cc2Br)cc1. The molecule has 21 heavy (non-hydrogen) atoms. The van der Waals surface area contributed by atoms with E-state index in [1.165, 1.54) is 23.8 Å². The van der Waals surface area contributed by atoms with E-state index in [1.807, 2.05) is 24.3 Å². The number of anilines is 1. The van der Waals surface area contributed by atoms with E-state index < -0.39 is 0 Å². The Kier molecular flexibility index (Phi) is 5.33. The summed E-state index contributed by atoms with van der Waals surface area (Å²) in [6.45, 7) is 1.93. The third kappa shape index (κ3) is 4.56. The molecule has 1 amide bonds. The van der Waals surface area contributed by atoms with Crippen LogP contribution >= 0.6 is 15.9 Å². The van der Waals surface area contributed by atoms with Crippen LogP contribution in [0.5, 0.6) is 5.75 Å². The van der Waals surface area contributed by atoms with E-state index in [1.54, 1.807) is 0 Å². The smallest absolute Gasteiger partial charge is 0.262 e. The van der Waals surface area contributed by atoms with E-state index in [0.717, 1.165) is 12.1 Å². The van der Waals surface area contributed by atoms with E-state index >= 15 is 0 Å². The Hall–Kier alpha value is -1.88. The Morgan fingerprint density at radius 2 is 1.95 bits per heavy atom. The van der Waals surface area contributed by atoms with Gasteiger partial charge in [-0.3, -0.25) is 4.79 Å². The number of ether oxygens (including phenoxy) is 1. The average molecular weight is 352 g/mol. The number of hydrogen-bond acceptors (Lipinski definition) is 2. The summed E-state index contributed by atoms with van der Waals surface area (Å²) in [5, 5.41) is 2.74. The molecule has 0 bridgehead atoms. The van der Waals surface area contributed by atoms with Gasteiger partial charge in [0.1, 0.15) is 11.6 Å². The summed E-state index contributed by atoms with van der Waals surface area (Å²) in [6.07, 6.45) is 0.954. The van der Waals surface area contributed by atoms with Crippen LogP contribution in [0.15, 0.2) is 46.9 Å². The molecule has 2 aromatic rings. The van der Waals surface area contributed by atoms with E-state index in [2.05, 4.69) is 28.2 Å². The van der Waals surface area contributed by atoms with Gasteiger partial charge in [-0.05, 0) is 58.2 Å². The van der Waals surface area contributed by atoms with E-state index in [0.29, 0.717) is 10.2 Å². The zero-order valence-electron chi connectivity index (χ0n) is 11.5. The van der Waals surface area contributed by atoms with Crippen molar-refractivity contribution in [2.45, 2.75) is 13.3 Å². The fourth-order valence-electron chi connectivity index (χ4n) is 1.76. The molecule has 0 saturated heterocycles. The molecular weight excluding hydrogens is 337 g/mol. The molecule has 0 spiro atoms. The number of aryl methyl sites for hydroxylation is 1. The highest BCUT2D eigenvalue weighted by Gasteiger charge is 2.07. The first kappa shape index (κ1) is 15.5. The molecule has 2 rings (SSSR count). The van der Waals surface area contributed by atoms with E-state index in [4.69, 9.17) is 4.74 Å². The van der Waals surface area contributed by atoms with Crippen molar-refractivity contribution in [2.24, 2.45) is 0 Å². The number of carbonyl (C=O) groups is 1. The third-order valence-corrected chi connectivity index (χ3v) is 3.52. The number of carbonyl (C=O) groups excluding carboxylic acids is 1. The predicted octanol–water partition coefficient (Wildman–Crippen LogP) is 4.17. The van der Waals surface area contributed by atoms with E-state index in [9.17, 15) is 9.18 Å². The van der Waals surface area contributed by atoms with Crippen LogP contribution in [0.2, 0.25) is 0 Å². The van der Waals surface area contributed by atoms with Crippen LogP contribution < -0.4 is 10.1 Å². The Labute approximate surface area is 131 Å². The zero-order valence-corrected chi connectivity index (χ0v) is 13.1. The van der Waals surface area contributed by atoms with Gasteiger partial charge in [0.2, 0.25) is 0 Å². The second kappa shape index (κ2) is 7.22. The highest BCUT2D eigenvalue weighted by atomic mass is 79.9. The van der Waals surface area contributed by atoms with Gasteiger partial charge in [0.05, 0.1) is 4.47 Å². The fourth-order valence-corrected chi connectivity index (χ4v) is 2.22. The monoisotopic (exact) mass is 351 g/mol. The predicted molar refractivity (Wildman–Crippen MR) is 84.0 cm³/mol. The first-order valence-corrected chi connectivity index (χ1v) is 7.34. The first-order chi connectivity index (χ1) is 10.1. The molecule has 0 aromatic heterocycles. The maximum atomic E-state index is 12.9. The summed E-state index contributed by atoms with van der Waals surface area (Å²) in [7, 11) is 0. The number of nitrogens with one attached hydrogen (secondary N) is 1. The maximum absolute atomic E-state index is 12.9. The van der Waals surface area contributed by atoms with Crippen LogP contribution in [-0.4, -0.2) is 12.5 Å². The highest BCUT2D eigenvalue weighted by Crippen LogP contribution is 2.25. The standard InChI is InChI=1S/C16H15BrFNO2/c1-2-11-3-6-13(7-4-11)19-16(20)10-21-15-8-5-12(18)9-14(15)17/h3-9H,2,10H2,1H3,(H,19,20). The van der Waals surface area contributed by atoms with Crippen LogP contribution in [0.25, 0.3) is 0 Å². The molecule has 110 valence electrons. The molecule has 0 heterocycles. The third-order valence-electron chi connectivity index (χ3n) is 2.90. The molecule has 5 heteroatoms. The van der Waals surface area contributed by atoms with Crippen molar-refractivity contribution >= 4 is 27.5 Å². The molecular formula is C16H15BrFNO2. The summed E-state index contributed by atoms with van der Waals surface area (Å²) in [4.78, 5) is 11.8. The summed E-state index contributed by atoms with van der Waals surface area (Å²) >= 11 is 3.18. The summed E-state index contributed by atoms with van der Waals surface area (Å²) < 4.78 is 18.8. The Morgan fingerprint density at radius 1 is 1.24 bits per heavy atom. The average Bonchev–Trinajstić information content (AvgIpc) is 2.47. The number of amides is 1. The minimum absolute atomic E-state index is 0.139. The molecule has 2 aromatic carbocycles. The van der Waals surface area contributed by atoms with Crippen LogP contribution in [-0.2, 0) is 11.2 Å². The molecule has 0 unspecified atom stereocenters. The van der Waals surface area contributed by atoms with Gasteiger partial charge in [-0.1, -0.05) is 19.1 Å². The summed E-state index contributed by atoms with van der Waals surface area (Å²) in [6, 6.07) is 11.7. The minimum atomic E-state index is -0.366. The molecule has 3 nitrogen and oxygen atoms in total. The fraction of sp³-hybridized carbons (Fsp3) is 0.188. The van der Waals surface area contributed by atoms with Crippen LogP contribution in [0.3, 0.4) is 0 Å². The minimum Gasteiger partial charge on any atom is -0.483 e. The molecule has 1 N–H and O–H groups in total. The van der Waals surface area contributed by atoms with Gasteiger partial charge in [-0.15, -0.1) is 0 Å². The highest BCUT2D eigenvalue weighted by molar-refractivity contribution is 9.10. The molecule has 0 radical (unpaired) electrons. The quantitative estimate of drug-likeness (QED) is 0.877.